The molecule has 0 atom stereocenters. The molecule has 0 aromatic carbocycles. The molecule has 7 nitrogen and oxygen atoms in total. The fourth-order valence-corrected chi connectivity index (χ4v) is 2.32. The number of carbonyl (C=O) groups excluding carboxylic acids is 1. The van der Waals surface area contributed by atoms with E-state index in [0.717, 1.165) is 23.5 Å². The van der Waals surface area contributed by atoms with E-state index in [1.54, 1.807) is 0 Å². The van der Waals surface area contributed by atoms with Crippen molar-refractivity contribution in [3.05, 3.63) is 23.3 Å². The van der Waals surface area contributed by atoms with E-state index in [9.17, 15) is 4.79 Å². The number of aromatic nitrogens is 5. The molecule has 7 heteroatoms. The van der Waals surface area contributed by atoms with E-state index in [2.05, 4.69) is 46.4 Å². The van der Waals surface area contributed by atoms with Crippen LogP contribution in [0.25, 0.3) is 0 Å². The van der Waals surface area contributed by atoms with Crippen molar-refractivity contribution in [1.82, 2.24) is 25.0 Å². The number of nitrogens with zero attached hydrogens (tertiary/aromatic N) is 4. The van der Waals surface area contributed by atoms with Gasteiger partial charge in [-0.25, -0.2) is 5.10 Å². The van der Waals surface area contributed by atoms with Crippen LogP contribution in [0, 0.1) is 19.8 Å². The molecule has 0 bridgehead atoms. The number of nitrogens with one attached hydrogen (secondary N) is 2. The number of hydrogen-bond donors (Lipinski definition) is 2. The molecule has 2 heterocycles. The zero-order chi connectivity index (χ0) is 15.4. The summed E-state index contributed by atoms with van der Waals surface area (Å²) in [6, 6.07) is 0. The summed E-state index contributed by atoms with van der Waals surface area (Å²) in [4.78, 5) is 15.7. The second-order valence-electron chi connectivity index (χ2n) is 5.61. The van der Waals surface area contributed by atoms with Crippen molar-refractivity contribution in [3.63, 3.8) is 0 Å². The van der Waals surface area contributed by atoms with Gasteiger partial charge in [0, 0.05) is 18.7 Å². The Kier molecular flexibility index (Phi) is 4.72. The van der Waals surface area contributed by atoms with Crippen LogP contribution >= 0.6 is 0 Å². The first kappa shape index (κ1) is 15.2. The Bertz CT molecular complexity index is 599. The average molecular weight is 290 g/mol. The molecular formula is C14H22N6O. The smallest absolute Gasteiger partial charge is 0.227 e. The van der Waals surface area contributed by atoms with Crippen molar-refractivity contribution in [2.45, 2.75) is 47.1 Å². The van der Waals surface area contributed by atoms with Gasteiger partial charge in [0.25, 0.3) is 0 Å². The highest BCUT2D eigenvalue weighted by Gasteiger charge is 2.14. The summed E-state index contributed by atoms with van der Waals surface area (Å²) >= 11 is 0. The molecule has 21 heavy (non-hydrogen) atoms. The molecule has 114 valence electrons. The van der Waals surface area contributed by atoms with Gasteiger partial charge in [-0.05, 0) is 31.7 Å². The molecule has 2 aromatic heterocycles. The molecule has 0 aliphatic rings. The third-order valence-corrected chi connectivity index (χ3v) is 3.34. The summed E-state index contributed by atoms with van der Waals surface area (Å²) in [7, 11) is 0. The minimum Gasteiger partial charge on any atom is -0.295 e. The van der Waals surface area contributed by atoms with Gasteiger partial charge in [0.05, 0.1) is 5.69 Å². The van der Waals surface area contributed by atoms with Gasteiger partial charge in [-0.3, -0.25) is 14.8 Å². The van der Waals surface area contributed by atoms with Crippen LogP contribution in [0.4, 0.5) is 5.95 Å². The molecule has 0 spiro atoms. The number of aryl methyl sites for hydroxylation is 1. The van der Waals surface area contributed by atoms with E-state index < -0.39 is 0 Å². The van der Waals surface area contributed by atoms with Crippen molar-refractivity contribution in [2.24, 2.45) is 5.92 Å². The summed E-state index contributed by atoms with van der Waals surface area (Å²) in [5.41, 5.74) is 3.30. The molecular weight excluding hydrogens is 268 g/mol. The molecule has 0 aliphatic carbocycles. The second kappa shape index (κ2) is 6.51. The maximum Gasteiger partial charge on any atom is 0.227 e. The zero-order valence-corrected chi connectivity index (χ0v) is 13.0. The number of anilines is 1. The number of H-pyrrole nitrogens is 1. The highest BCUT2D eigenvalue weighted by atomic mass is 16.1. The molecule has 0 unspecified atom stereocenters. The van der Waals surface area contributed by atoms with Gasteiger partial charge >= 0.3 is 0 Å². The summed E-state index contributed by atoms with van der Waals surface area (Å²) in [5.74, 6) is 0.844. The first-order valence-electron chi connectivity index (χ1n) is 7.15. The van der Waals surface area contributed by atoms with Gasteiger partial charge in [-0.2, -0.15) is 15.2 Å². The SMILES string of the molecule is Cc1nn(CC(C)C)c(C)c1CCC(=O)Nc1ncn[nH]1. The van der Waals surface area contributed by atoms with Crippen molar-refractivity contribution in [1.29, 1.82) is 0 Å². The van der Waals surface area contributed by atoms with E-state index in [4.69, 9.17) is 0 Å². The average Bonchev–Trinajstić information content (AvgIpc) is 2.97. The third-order valence-electron chi connectivity index (χ3n) is 3.34. The van der Waals surface area contributed by atoms with E-state index in [-0.39, 0.29) is 5.91 Å². The lowest BCUT2D eigenvalue weighted by atomic mass is 10.1. The molecule has 2 aromatic rings. The lowest BCUT2D eigenvalue weighted by Crippen LogP contribution is -2.14. The van der Waals surface area contributed by atoms with Gasteiger partial charge in [-0.15, -0.1) is 0 Å². The van der Waals surface area contributed by atoms with Gasteiger partial charge in [0.1, 0.15) is 6.33 Å². The monoisotopic (exact) mass is 290 g/mol. The molecule has 0 fully saturated rings. The largest absolute Gasteiger partial charge is 0.295 e. The first-order valence-corrected chi connectivity index (χ1v) is 7.15. The summed E-state index contributed by atoms with van der Waals surface area (Å²) in [5, 5.41) is 13.5. The van der Waals surface area contributed by atoms with Gasteiger partial charge < -0.3 is 0 Å². The fourth-order valence-electron chi connectivity index (χ4n) is 2.32. The topological polar surface area (TPSA) is 88.5 Å². The molecule has 2 N–H and O–H groups in total. The van der Waals surface area contributed by atoms with Crippen LogP contribution in [0.3, 0.4) is 0 Å². The highest BCUT2D eigenvalue weighted by Crippen LogP contribution is 2.16. The number of aromatic amines is 1. The van der Waals surface area contributed by atoms with E-state index >= 15 is 0 Å². The van der Waals surface area contributed by atoms with Crippen LogP contribution in [-0.4, -0.2) is 30.9 Å². The van der Waals surface area contributed by atoms with E-state index in [1.165, 1.54) is 6.33 Å². The molecule has 0 aliphatic heterocycles. The molecule has 0 saturated carbocycles. The lowest BCUT2D eigenvalue weighted by molar-refractivity contribution is -0.116. The van der Waals surface area contributed by atoms with Crippen LogP contribution in [0.5, 0.6) is 0 Å². The van der Waals surface area contributed by atoms with Crippen molar-refractivity contribution in [3.8, 4) is 0 Å². The summed E-state index contributed by atoms with van der Waals surface area (Å²) in [6.07, 6.45) is 2.44. The minimum absolute atomic E-state index is 0.0813. The van der Waals surface area contributed by atoms with Gasteiger partial charge in [-0.1, -0.05) is 13.8 Å². The predicted molar refractivity (Wildman–Crippen MR) is 79.9 cm³/mol. The van der Waals surface area contributed by atoms with E-state index in [0.29, 0.717) is 24.7 Å². The maximum absolute atomic E-state index is 11.9. The summed E-state index contributed by atoms with van der Waals surface area (Å²) < 4.78 is 2.03. The van der Waals surface area contributed by atoms with Crippen molar-refractivity contribution < 1.29 is 4.79 Å². The Hall–Kier alpha value is -2.18. The van der Waals surface area contributed by atoms with Crippen molar-refractivity contribution >= 4 is 11.9 Å². The lowest BCUT2D eigenvalue weighted by Gasteiger charge is -2.08. The van der Waals surface area contributed by atoms with Crippen LogP contribution in [0.15, 0.2) is 6.33 Å². The van der Waals surface area contributed by atoms with Crippen LogP contribution < -0.4 is 5.32 Å². The molecule has 2 rings (SSSR count). The predicted octanol–water partition coefficient (Wildman–Crippen LogP) is 1.85. The number of amides is 1. The fraction of sp³-hybridized carbons (Fsp3) is 0.571. The quantitative estimate of drug-likeness (QED) is 0.849. The Morgan fingerprint density at radius 1 is 1.43 bits per heavy atom. The number of rotatable bonds is 6. The standard InChI is InChI=1S/C14H22N6O/c1-9(2)7-20-11(4)12(10(3)19-20)5-6-13(21)17-14-15-8-16-18-14/h8-9H,5-7H2,1-4H3,(H2,15,16,17,18,21). The molecule has 0 radical (unpaired) electrons. The van der Waals surface area contributed by atoms with E-state index in [1.807, 2.05) is 11.6 Å². The van der Waals surface area contributed by atoms with Crippen LogP contribution in [-0.2, 0) is 17.8 Å². The van der Waals surface area contributed by atoms with Gasteiger partial charge in [0.15, 0.2) is 0 Å². The van der Waals surface area contributed by atoms with Crippen LogP contribution in [0.1, 0.15) is 37.2 Å². The molecule has 0 saturated heterocycles. The third kappa shape index (κ3) is 3.90. The highest BCUT2D eigenvalue weighted by molar-refractivity contribution is 5.88. The first-order chi connectivity index (χ1) is 9.97. The Balaban J connectivity index is 1.96. The Morgan fingerprint density at radius 3 is 2.81 bits per heavy atom. The summed E-state index contributed by atoms with van der Waals surface area (Å²) in [6.45, 7) is 9.29. The minimum atomic E-state index is -0.0813. The van der Waals surface area contributed by atoms with Gasteiger partial charge in [0.2, 0.25) is 11.9 Å². The maximum atomic E-state index is 11.9. The molecule has 1 amide bonds. The second-order valence-corrected chi connectivity index (χ2v) is 5.61. The number of hydrogen-bond acceptors (Lipinski definition) is 4. The Morgan fingerprint density at radius 2 is 2.19 bits per heavy atom. The van der Waals surface area contributed by atoms with Crippen LogP contribution in [0.2, 0.25) is 0 Å². The zero-order valence-electron chi connectivity index (χ0n) is 13.0. The van der Waals surface area contributed by atoms with Crippen molar-refractivity contribution in [2.75, 3.05) is 5.32 Å². The normalized spacial score (nSPS) is 11.1. The Labute approximate surface area is 124 Å². The number of carbonyl (C=O) groups is 1.